The number of aromatic nitrogens is 2. The number of ether oxygens (including phenoxy) is 1. The zero-order valence-corrected chi connectivity index (χ0v) is 11.6. The van der Waals surface area contributed by atoms with Crippen molar-refractivity contribution in [2.24, 2.45) is 0 Å². The van der Waals surface area contributed by atoms with Crippen LogP contribution in [-0.2, 0) is 18.3 Å². The third-order valence-electron chi connectivity index (χ3n) is 3.22. The molecule has 2 aliphatic heterocycles. The minimum absolute atomic E-state index is 0.370. The monoisotopic (exact) mass is 324 g/mol. The van der Waals surface area contributed by atoms with Crippen LogP contribution in [0, 0.1) is 6.92 Å². The molecule has 116 valence electrons. The van der Waals surface area contributed by atoms with E-state index in [4.69, 9.17) is 9.63 Å². The second-order valence-electron chi connectivity index (χ2n) is 4.75. The quantitative estimate of drug-likeness (QED) is 0.755. The smallest absolute Gasteiger partial charge is 0.343 e. The molecular weight excluding hydrogens is 313 g/mol. The Morgan fingerprint density at radius 1 is 1.57 bits per heavy atom. The van der Waals surface area contributed by atoms with E-state index in [1.165, 1.54) is 13.0 Å². The Morgan fingerprint density at radius 3 is 2.95 bits per heavy atom. The number of hydrogen-bond acceptors (Lipinski definition) is 6. The number of nitrogens with zero attached hydrogens (tertiary/aromatic N) is 2. The van der Waals surface area contributed by atoms with Gasteiger partial charge in [-0.05, 0) is 13.0 Å². The summed E-state index contributed by atoms with van der Waals surface area (Å²) in [6.07, 6.45) is -4.08. The Kier molecular flexibility index (Phi) is 3.26. The van der Waals surface area contributed by atoms with Crippen molar-refractivity contribution in [1.29, 1.82) is 0 Å². The summed E-state index contributed by atoms with van der Waals surface area (Å²) in [6, 6.07) is 1.37. The van der Waals surface area contributed by atoms with E-state index in [2.05, 4.69) is 14.0 Å². The average molecular weight is 324 g/mol. The maximum Gasteiger partial charge on any atom is 0.472 e. The Bertz CT molecular complexity index is 680. The first-order valence-electron chi connectivity index (χ1n) is 5.95. The molecule has 2 fully saturated rings. The summed E-state index contributed by atoms with van der Waals surface area (Å²) in [4.78, 5) is 24.4. The fraction of sp³-hybridized carbons (Fsp3) is 0.600. The molecule has 3 rings (SSSR count). The fourth-order valence-corrected chi connectivity index (χ4v) is 3.21. The predicted octanol–water partition coefficient (Wildman–Crippen LogP) is 0.600. The molecule has 11 heteroatoms. The van der Waals surface area contributed by atoms with E-state index in [9.17, 15) is 18.1 Å². The normalized spacial score (nSPS) is 38.2. The highest BCUT2D eigenvalue weighted by atomic mass is 31.2. The van der Waals surface area contributed by atoms with Gasteiger partial charge in [0.1, 0.15) is 6.10 Å². The standard InChI is InChI=1S/C10H11F2N2O6P/c1-5-2-3-14(9(15)13-5)8-10(11,12)7-6(19-8)4-18-21(16,17)20-7/h2-3,6-8H,4H2,1H3,(H,16,17)/t6-,7-,8-/m1/s1. The molecule has 21 heavy (non-hydrogen) atoms. The second-order valence-corrected chi connectivity index (χ2v) is 6.16. The van der Waals surface area contributed by atoms with Crippen LogP contribution in [0.1, 0.15) is 11.9 Å². The van der Waals surface area contributed by atoms with Gasteiger partial charge in [0.15, 0.2) is 6.10 Å². The number of halogens is 2. The summed E-state index contributed by atoms with van der Waals surface area (Å²) in [7, 11) is -4.54. The molecule has 0 saturated carbocycles. The van der Waals surface area contributed by atoms with Gasteiger partial charge in [0.2, 0.25) is 6.23 Å². The lowest BCUT2D eigenvalue weighted by Gasteiger charge is -2.29. The third-order valence-corrected chi connectivity index (χ3v) is 4.19. The van der Waals surface area contributed by atoms with Crippen molar-refractivity contribution in [3.63, 3.8) is 0 Å². The minimum Gasteiger partial charge on any atom is -0.343 e. The van der Waals surface area contributed by atoms with Gasteiger partial charge in [0.25, 0.3) is 0 Å². The van der Waals surface area contributed by atoms with Crippen LogP contribution >= 0.6 is 7.82 Å². The van der Waals surface area contributed by atoms with Crippen LogP contribution in [0.3, 0.4) is 0 Å². The van der Waals surface area contributed by atoms with Crippen molar-refractivity contribution in [2.75, 3.05) is 6.61 Å². The first kappa shape index (κ1) is 14.7. The molecule has 1 aromatic heterocycles. The molecule has 0 aliphatic carbocycles. The number of alkyl halides is 2. The largest absolute Gasteiger partial charge is 0.472 e. The molecular formula is C10H11F2N2O6P. The lowest BCUT2D eigenvalue weighted by atomic mass is 10.1. The highest BCUT2D eigenvalue weighted by Crippen LogP contribution is 2.56. The van der Waals surface area contributed by atoms with Gasteiger partial charge < -0.3 is 9.63 Å². The summed E-state index contributed by atoms with van der Waals surface area (Å²) in [6.45, 7) is 1.01. The highest BCUT2D eigenvalue weighted by molar-refractivity contribution is 7.47. The van der Waals surface area contributed by atoms with Crippen LogP contribution in [0.25, 0.3) is 0 Å². The molecule has 3 heterocycles. The maximum atomic E-state index is 14.3. The number of phosphoric acid groups is 1. The molecule has 0 aromatic carbocycles. The van der Waals surface area contributed by atoms with Crippen LogP contribution in [0.4, 0.5) is 8.78 Å². The average Bonchev–Trinajstić information content (AvgIpc) is 2.61. The van der Waals surface area contributed by atoms with Crippen LogP contribution in [0.2, 0.25) is 0 Å². The van der Waals surface area contributed by atoms with Gasteiger partial charge in [0, 0.05) is 11.9 Å². The Morgan fingerprint density at radius 2 is 2.29 bits per heavy atom. The van der Waals surface area contributed by atoms with Crippen LogP contribution in [0.15, 0.2) is 17.1 Å². The predicted molar refractivity (Wildman–Crippen MR) is 62.7 cm³/mol. The number of hydrogen-bond donors (Lipinski definition) is 1. The van der Waals surface area contributed by atoms with Crippen molar-refractivity contribution in [1.82, 2.24) is 9.55 Å². The molecule has 1 N–H and O–H groups in total. The van der Waals surface area contributed by atoms with Crippen molar-refractivity contribution in [2.45, 2.75) is 31.3 Å². The first-order chi connectivity index (χ1) is 9.71. The number of rotatable bonds is 1. The van der Waals surface area contributed by atoms with Gasteiger partial charge in [-0.1, -0.05) is 0 Å². The lowest BCUT2D eigenvalue weighted by Crippen LogP contribution is -2.44. The molecule has 2 saturated heterocycles. The van der Waals surface area contributed by atoms with E-state index >= 15 is 0 Å². The molecule has 8 nitrogen and oxygen atoms in total. The molecule has 1 aromatic rings. The van der Waals surface area contributed by atoms with Crippen LogP contribution < -0.4 is 5.69 Å². The maximum absolute atomic E-state index is 14.3. The molecule has 2 aliphatic rings. The van der Waals surface area contributed by atoms with Gasteiger partial charge in [-0.15, -0.1) is 0 Å². The molecule has 0 amide bonds. The Hall–Kier alpha value is -1.19. The van der Waals surface area contributed by atoms with Gasteiger partial charge in [-0.3, -0.25) is 13.6 Å². The molecule has 1 unspecified atom stereocenters. The van der Waals surface area contributed by atoms with Gasteiger partial charge in [-0.25, -0.2) is 9.36 Å². The highest BCUT2D eigenvalue weighted by Gasteiger charge is 2.64. The van der Waals surface area contributed by atoms with E-state index in [1.54, 1.807) is 0 Å². The van der Waals surface area contributed by atoms with E-state index in [0.717, 1.165) is 6.20 Å². The van der Waals surface area contributed by atoms with Gasteiger partial charge >= 0.3 is 19.4 Å². The Balaban J connectivity index is 1.98. The summed E-state index contributed by atoms with van der Waals surface area (Å²) >= 11 is 0. The van der Waals surface area contributed by atoms with E-state index < -0.39 is 44.5 Å². The van der Waals surface area contributed by atoms with Gasteiger partial charge in [0.05, 0.1) is 6.61 Å². The van der Waals surface area contributed by atoms with E-state index in [0.29, 0.717) is 10.3 Å². The lowest BCUT2D eigenvalue weighted by molar-refractivity contribution is -0.137. The van der Waals surface area contributed by atoms with Crippen molar-refractivity contribution in [3.8, 4) is 0 Å². The van der Waals surface area contributed by atoms with E-state index in [1.807, 2.05) is 0 Å². The summed E-state index contributed by atoms with van der Waals surface area (Å²) in [5.41, 5.74) is -0.541. The van der Waals surface area contributed by atoms with Crippen LogP contribution in [0.5, 0.6) is 0 Å². The summed E-state index contributed by atoms with van der Waals surface area (Å²) in [5, 5.41) is 0. The zero-order valence-electron chi connectivity index (χ0n) is 10.7. The SMILES string of the molecule is Cc1ccn([C@@H]2O[C@@H]3COP(=O)(O)O[C@H]3C2(F)F)c(=O)n1. The summed E-state index contributed by atoms with van der Waals surface area (Å²) in [5.74, 6) is -3.69. The Labute approximate surface area is 116 Å². The van der Waals surface area contributed by atoms with E-state index in [-0.39, 0.29) is 0 Å². The van der Waals surface area contributed by atoms with Crippen LogP contribution in [-0.4, -0.2) is 39.2 Å². The van der Waals surface area contributed by atoms with Crippen molar-refractivity contribution >= 4 is 7.82 Å². The third kappa shape index (κ3) is 2.43. The number of aryl methyl sites for hydroxylation is 1. The molecule has 0 radical (unpaired) electrons. The molecule has 0 spiro atoms. The van der Waals surface area contributed by atoms with Gasteiger partial charge in [-0.2, -0.15) is 13.8 Å². The summed E-state index contributed by atoms with van der Waals surface area (Å²) < 4.78 is 54.5. The minimum atomic E-state index is -4.54. The first-order valence-corrected chi connectivity index (χ1v) is 7.45. The molecule has 4 atom stereocenters. The van der Waals surface area contributed by atoms with Crippen molar-refractivity contribution < 1.29 is 32.0 Å². The number of fused-ring (bicyclic) bond motifs is 1. The van der Waals surface area contributed by atoms with Crippen molar-refractivity contribution in [3.05, 3.63) is 28.4 Å². The topological polar surface area (TPSA) is 99.9 Å². The number of phosphoric ester groups is 1. The second kappa shape index (κ2) is 4.65. The molecule has 0 bridgehead atoms. The fourth-order valence-electron chi connectivity index (χ4n) is 2.25. The zero-order chi connectivity index (χ0) is 15.4.